The predicted molar refractivity (Wildman–Crippen MR) is 124 cm³/mol. The van der Waals surface area contributed by atoms with Gasteiger partial charge in [-0.1, -0.05) is 56.3 Å². The van der Waals surface area contributed by atoms with Gasteiger partial charge in [0.1, 0.15) is 11.5 Å². The Kier molecular flexibility index (Phi) is 8.24. The standard InChI is InChI=1S/C21H27N5O2.HI/c1-5-22-20(25-14-19-23-13-18(27-19)21(2,3)4)24-12-16-11-17(28-26-16)15-9-7-6-8-10-15;/h6-11,13H,5,12,14H2,1-4H3,(H2,22,24,25);1H. The molecule has 7 nitrogen and oxygen atoms in total. The minimum absolute atomic E-state index is 0. The average molecular weight is 509 g/mol. The molecule has 0 aliphatic rings. The van der Waals surface area contributed by atoms with Gasteiger partial charge >= 0.3 is 0 Å². The second-order valence-corrected chi connectivity index (χ2v) is 7.47. The molecule has 0 atom stereocenters. The Balaban J connectivity index is 0.00000300. The van der Waals surface area contributed by atoms with E-state index in [1.807, 2.05) is 43.3 Å². The zero-order valence-electron chi connectivity index (χ0n) is 17.2. The summed E-state index contributed by atoms with van der Waals surface area (Å²) in [5, 5.41) is 10.5. The molecule has 0 aliphatic carbocycles. The van der Waals surface area contributed by atoms with Crippen LogP contribution >= 0.6 is 24.0 Å². The number of aromatic nitrogens is 2. The number of oxazole rings is 1. The van der Waals surface area contributed by atoms with Crippen LogP contribution in [0.1, 0.15) is 45.0 Å². The summed E-state index contributed by atoms with van der Waals surface area (Å²) in [4.78, 5) is 8.89. The van der Waals surface area contributed by atoms with E-state index in [9.17, 15) is 0 Å². The van der Waals surface area contributed by atoms with Gasteiger partial charge in [-0.15, -0.1) is 24.0 Å². The number of halogens is 1. The predicted octanol–water partition coefficient (Wildman–Crippen LogP) is 4.50. The Morgan fingerprint density at radius 3 is 2.55 bits per heavy atom. The summed E-state index contributed by atoms with van der Waals surface area (Å²) in [6, 6.07) is 11.8. The van der Waals surface area contributed by atoms with Crippen LogP contribution < -0.4 is 10.6 Å². The molecule has 0 bridgehead atoms. The average Bonchev–Trinajstić information content (AvgIpc) is 3.34. The second kappa shape index (κ2) is 10.4. The van der Waals surface area contributed by atoms with Crippen molar-refractivity contribution >= 4 is 29.9 Å². The van der Waals surface area contributed by atoms with Gasteiger partial charge in [-0.2, -0.15) is 0 Å². The first-order valence-electron chi connectivity index (χ1n) is 9.44. The van der Waals surface area contributed by atoms with E-state index in [2.05, 4.69) is 46.5 Å². The molecule has 0 fully saturated rings. The van der Waals surface area contributed by atoms with E-state index < -0.39 is 0 Å². The highest BCUT2D eigenvalue weighted by atomic mass is 127. The summed E-state index contributed by atoms with van der Waals surface area (Å²) in [6.45, 7) is 9.91. The highest BCUT2D eigenvalue weighted by Crippen LogP contribution is 2.22. The van der Waals surface area contributed by atoms with Crippen molar-refractivity contribution in [1.29, 1.82) is 0 Å². The maximum atomic E-state index is 5.81. The van der Waals surface area contributed by atoms with Crippen LogP contribution in [-0.4, -0.2) is 22.6 Å². The Morgan fingerprint density at radius 1 is 1.14 bits per heavy atom. The monoisotopic (exact) mass is 509 g/mol. The third-order valence-electron chi connectivity index (χ3n) is 4.06. The third-order valence-corrected chi connectivity index (χ3v) is 4.06. The zero-order chi connectivity index (χ0) is 20.0. The van der Waals surface area contributed by atoms with Crippen LogP contribution in [0.15, 0.2) is 56.5 Å². The summed E-state index contributed by atoms with van der Waals surface area (Å²) >= 11 is 0. The van der Waals surface area contributed by atoms with Gasteiger partial charge in [-0.05, 0) is 6.92 Å². The van der Waals surface area contributed by atoms with Crippen LogP contribution in [-0.2, 0) is 18.5 Å². The Labute approximate surface area is 188 Å². The molecular formula is C21H28IN5O2. The van der Waals surface area contributed by atoms with Crippen molar-refractivity contribution < 1.29 is 8.94 Å². The van der Waals surface area contributed by atoms with Crippen LogP contribution in [0.5, 0.6) is 0 Å². The Hall–Kier alpha value is -2.36. The molecule has 0 spiro atoms. The molecule has 0 radical (unpaired) electrons. The molecule has 0 amide bonds. The second-order valence-electron chi connectivity index (χ2n) is 7.47. The topological polar surface area (TPSA) is 88.5 Å². The fraction of sp³-hybridized carbons (Fsp3) is 0.381. The van der Waals surface area contributed by atoms with E-state index in [1.54, 1.807) is 6.20 Å². The molecule has 29 heavy (non-hydrogen) atoms. The van der Waals surface area contributed by atoms with Crippen molar-refractivity contribution in [1.82, 2.24) is 20.8 Å². The molecule has 3 aromatic rings. The molecule has 2 N–H and O–H groups in total. The van der Waals surface area contributed by atoms with E-state index >= 15 is 0 Å². The number of aliphatic imine (C=N–C) groups is 1. The molecule has 8 heteroatoms. The number of guanidine groups is 1. The van der Waals surface area contributed by atoms with E-state index in [-0.39, 0.29) is 29.4 Å². The minimum atomic E-state index is -0.0623. The number of rotatable bonds is 6. The highest BCUT2D eigenvalue weighted by molar-refractivity contribution is 14.0. The number of nitrogens with one attached hydrogen (secondary N) is 2. The first-order valence-corrected chi connectivity index (χ1v) is 9.44. The number of hydrogen-bond donors (Lipinski definition) is 2. The maximum Gasteiger partial charge on any atom is 0.213 e. The number of nitrogens with zero attached hydrogens (tertiary/aromatic N) is 3. The molecule has 1 aromatic carbocycles. The Bertz CT molecular complexity index is 913. The normalized spacial score (nSPS) is 11.8. The van der Waals surface area contributed by atoms with Crippen LogP contribution in [0.3, 0.4) is 0 Å². The van der Waals surface area contributed by atoms with Crippen molar-refractivity contribution in [3.05, 3.63) is 59.9 Å². The Morgan fingerprint density at radius 2 is 1.90 bits per heavy atom. The fourth-order valence-corrected chi connectivity index (χ4v) is 2.52. The molecule has 0 saturated carbocycles. The lowest BCUT2D eigenvalue weighted by Gasteiger charge is -2.13. The van der Waals surface area contributed by atoms with Crippen molar-refractivity contribution in [3.8, 4) is 11.3 Å². The lowest BCUT2D eigenvalue weighted by Crippen LogP contribution is -2.36. The minimum Gasteiger partial charge on any atom is -0.443 e. The zero-order valence-corrected chi connectivity index (χ0v) is 19.6. The van der Waals surface area contributed by atoms with Gasteiger partial charge in [0.25, 0.3) is 0 Å². The SMILES string of the molecule is CCNC(=NCc1cc(-c2ccccc2)on1)NCc1ncc(C(C)(C)C)o1.I. The summed E-state index contributed by atoms with van der Waals surface area (Å²) in [5.41, 5.74) is 1.70. The highest BCUT2D eigenvalue weighted by Gasteiger charge is 2.19. The first-order chi connectivity index (χ1) is 13.5. The summed E-state index contributed by atoms with van der Waals surface area (Å²) in [5.74, 6) is 2.89. The molecule has 156 valence electrons. The molecule has 2 heterocycles. The summed E-state index contributed by atoms with van der Waals surface area (Å²) < 4.78 is 11.2. The van der Waals surface area contributed by atoms with Crippen molar-refractivity contribution in [2.24, 2.45) is 4.99 Å². The van der Waals surface area contributed by atoms with Crippen molar-refractivity contribution in [2.75, 3.05) is 6.54 Å². The van der Waals surface area contributed by atoms with E-state index in [1.165, 1.54) is 0 Å². The maximum absolute atomic E-state index is 5.81. The molecule has 0 aliphatic heterocycles. The molecular weight excluding hydrogens is 481 g/mol. The van der Waals surface area contributed by atoms with Gasteiger partial charge < -0.3 is 19.6 Å². The van der Waals surface area contributed by atoms with Crippen LogP contribution in [0.25, 0.3) is 11.3 Å². The van der Waals surface area contributed by atoms with E-state index in [0.717, 1.165) is 29.3 Å². The van der Waals surface area contributed by atoms with Gasteiger partial charge in [0, 0.05) is 23.6 Å². The van der Waals surface area contributed by atoms with Gasteiger partial charge in [0.15, 0.2) is 11.7 Å². The van der Waals surface area contributed by atoms with Gasteiger partial charge in [0.2, 0.25) is 5.89 Å². The van der Waals surface area contributed by atoms with E-state index in [4.69, 9.17) is 8.94 Å². The first kappa shape index (κ1) is 22.9. The largest absolute Gasteiger partial charge is 0.443 e. The number of hydrogen-bond acceptors (Lipinski definition) is 5. The quantitative estimate of drug-likeness (QED) is 0.289. The molecule has 2 aromatic heterocycles. The van der Waals surface area contributed by atoms with E-state index in [0.29, 0.717) is 24.9 Å². The lowest BCUT2D eigenvalue weighted by atomic mass is 9.94. The number of benzene rings is 1. The smallest absolute Gasteiger partial charge is 0.213 e. The molecule has 0 saturated heterocycles. The van der Waals surface area contributed by atoms with Gasteiger partial charge in [-0.3, -0.25) is 0 Å². The van der Waals surface area contributed by atoms with Gasteiger partial charge in [0.05, 0.1) is 19.3 Å². The van der Waals surface area contributed by atoms with Crippen LogP contribution in [0, 0.1) is 0 Å². The van der Waals surface area contributed by atoms with Crippen molar-refractivity contribution in [3.63, 3.8) is 0 Å². The molecule has 3 rings (SSSR count). The lowest BCUT2D eigenvalue weighted by molar-refractivity contribution is 0.379. The fourth-order valence-electron chi connectivity index (χ4n) is 2.52. The van der Waals surface area contributed by atoms with Gasteiger partial charge in [-0.25, -0.2) is 9.98 Å². The summed E-state index contributed by atoms with van der Waals surface area (Å²) in [6.07, 6.45) is 1.78. The van der Waals surface area contributed by atoms with Crippen LogP contribution in [0.2, 0.25) is 0 Å². The third kappa shape index (κ3) is 6.59. The summed E-state index contributed by atoms with van der Waals surface area (Å²) in [7, 11) is 0. The van der Waals surface area contributed by atoms with Crippen molar-refractivity contribution in [2.45, 2.75) is 46.2 Å². The van der Waals surface area contributed by atoms with Crippen LogP contribution in [0.4, 0.5) is 0 Å². The molecule has 0 unspecified atom stereocenters.